The SMILES string of the molecule is NCC1(F)CC2(CNC2)C1. The summed E-state index contributed by atoms with van der Waals surface area (Å²) in [7, 11) is 0. The first kappa shape index (κ1) is 6.55. The summed E-state index contributed by atoms with van der Waals surface area (Å²) in [5.74, 6) is 0. The van der Waals surface area contributed by atoms with Gasteiger partial charge in [0.15, 0.2) is 0 Å². The van der Waals surface area contributed by atoms with Gasteiger partial charge in [-0.3, -0.25) is 0 Å². The number of hydrogen-bond donors (Lipinski definition) is 2. The molecule has 1 saturated carbocycles. The van der Waals surface area contributed by atoms with E-state index in [1.54, 1.807) is 0 Å². The second kappa shape index (κ2) is 1.71. The molecular formula is C7H13FN2. The van der Waals surface area contributed by atoms with Crippen LogP contribution in [0.1, 0.15) is 12.8 Å². The molecule has 1 heterocycles. The van der Waals surface area contributed by atoms with Crippen LogP contribution in [-0.4, -0.2) is 25.3 Å². The van der Waals surface area contributed by atoms with Crippen LogP contribution in [-0.2, 0) is 0 Å². The molecule has 0 aromatic heterocycles. The van der Waals surface area contributed by atoms with E-state index < -0.39 is 5.67 Å². The summed E-state index contributed by atoms with van der Waals surface area (Å²) >= 11 is 0. The molecule has 0 unspecified atom stereocenters. The average Bonchev–Trinajstić information content (AvgIpc) is 1.77. The monoisotopic (exact) mass is 144 g/mol. The predicted molar refractivity (Wildman–Crippen MR) is 37.4 cm³/mol. The van der Waals surface area contributed by atoms with Crippen molar-refractivity contribution in [3.8, 4) is 0 Å². The van der Waals surface area contributed by atoms with Crippen molar-refractivity contribution in [1.29, 1.82) is 0 Å². The highest BCUT2D eigenvalue weighted by Gasteiger charge is 2.57. The maximum absolute atomic E-state index is 13.2. The molecule has 1 aliphatic carbocycles. The van der Waals surface area contributed by atoms with Gasteiger partial charge in [0.05, 0.1) is 0 Å². The molecular weight excluding hydrogens is 131 g/mol. The van der Waals surface area contributed by atoms with Gasteiger partial charge in [0.25, 0.3) is 0 Å². The van der Waals surface area contributed by atoms with Gasteiger partial charge >= 0.3 is 0 Å². The van der Waals surface area contributed by atoms with Crippen molar-refractivity contribution < 1.29 is 4.39 Å². The lowest BCUT2D eigenvalue weighted by Crippen LogP contribution is -2.67. The summed E-state index contributed by atoms with van der Waals surface area (Å²) in [6.07, 6.45) is 1.37. The average molecular weight is 144 g/mol. The first-order valence-electron chi connectivity index (χ1n) is 3.78. The Morgan fingerprint density at radius 3 is 2.30 bits per heavy atom. The Kier molecular flexibility index (Phi) is 1.12. The maximum atomic E-state index is 13.2. The van der Waals surface area contributed by atoms with E-state index >= 15 is 0 Å². The molecule has 2 aliphatic rings. The van der Waals surface area contributed by atoms with E-state index in [1.165, 1.54) is 0 Å². The van der Waals surface area contributed by atoms with Crippen molar-refractivity contribution in [2.24, 2.45) is 11.1 Å². The summed E-state index contributed by atoms with van der Waals surface area (Å²) in [6.45, 7) is 2.20. The second-order valence-electron chi connectivity index (χ2n) is 3.81. The lowest BCUT2D eigenvalue weighted by molar-refractivity contribution is -0.0908. The van der Waals surface area contributed by atoms with Crippen molar-refractivity contribution in [3.63, 3.8) is 0 Å². The zero-order valence-corrected chi connectivity index (χ0v) is 5.99. The Morgan fingerprint density at radius 1 is 1.40 bits per heavy atom. The third kappa shape index (κ3) is 0.705. The Balaban J connectivity index is 1.92. The topological polar surface area (TPSA) is 38.0 Å². The number of hydrogen-bond acceptors (Lipinski definition) is 2. The fourth-order valence-electron chi connectivity index (χ4n) is 2.17. The molecule has 2 fully saturated rings. The van der Waals surface area contributed by atoms with E-state index in [0.29, 0.717) is 18.3 Å². The van der Waals surface area contributed by atoms with E-state index in [1.807, 2.05) is 0 Å². The van der Waals surface area contributed by atoms with Crippen LogP contribution >= 0.6 is 0 Å². The number of nitrogens with one attached hydrogen (secondary N) is 1. The molecule has 2 nitrogen and oxygen atoms in total. The van der Waals surface area contributed by atoms with E-state index in [0.717, 1.165) is 13.1 Å². The predicted octanol–water partition coefficient (Wildman–Crippen LogP) is 0.0368. The standard InChI is InChI=1S/C7H13FN2/c8-7(3-9)1-6(2-7)4-10-5-6/h10H,1-5,9H2. The van der Waals surface area contributed by atoms with Crippen molar-refractivity contribution in [2.75, 3.05) is 19.6 Å². The van der Waals surface area contributed by atoms with E-state index in [2.05, 4.69) is 5.32 Å². The molecule has 0 aromatic rings. The third-order valence-electron chi connectivity index (χ3n) is 2.75. The summed E-state index contributed by atoms with van der Waals surface area (Å²) in [6, 6.07) is 0. The Labute approximate surface area is 60.0 Å². The van der Waals surface area contributed by atoms with Crippen LogP contribution < -0.4 is 11.1 Å². The molecule has 1 aliphatic heterocycles. The Morgan fingerprint density at radius 2 is 2.00 bits per heavy atom. The molecule has 2 rings (SSSR count). The first-order valence-corrected chi connectivity index (χ1v) is 3.78. The van der Waals surface area contributed by atoms with E-state index in [-0.39, 0.29) is 6.54 Å². The molecule has 1 spiro atoms. The molecule has 0 radical (unpaired) electrons. The lowest BCUT2D eigenvalue weighted by Gasteiger charge is -2.57. The number of rotatable bonds is 1. The van der Waals surface area contributed by atoms with Gasteiger partial charge in [-0.2, -0.15) is 0 Å². The zero-order valence-electron chi connectivity index (χ0n) is 5.99. The summed E-state index contributed by atoms with van der Waals surface area (Å²) in [5.41, 5.74) is 4.57. The van der Waals surface area contributed by atoms with Gasteiger partial charge in [0.1, 0.15) is 5.67 Å². The molecule has 0 bridgehead atoms. The van der Waals surface area contributed by atoms with Crippen LogP contribution in [0.2, 0.25) is 0 Å². The van der Waals surface area contributed by atoms with Gasteiger partial charge in [-0.1, -0.05) is 0 Å². The molecule has 3 heteroatoms. The minimum Gasteiger partial charge on any atom is -0.328 e. The largest absolute Gasteiger partial charge is 0.328 e. The molecule has 1 saturated heterocycles. The lowest BCUT2D eigenvalue weighted by atomic mass is 9.57. The minimum atomic E-state index is -1.01. The van der Waals surface area contributed by atoms with Crippen LogP contribution in [0.5, 0.6) is 0 Å². The van der Waals surface area contributed by atoms with Gasteiger partial charge in [0.2, 0.25) is 0 Å². The molecule has 3 N–H and O–H groups in total. The molecule has 0 atom stereocenters. The highest BCUT2D eigenvalue weighted by molar-refractivity contribution is 5.11. The van der Waals surface area contributed by atoms with Crippen LogP contribution in [0.3, 0.4) is 0 Å². The molecule has 0 aromatic carbocycles. The van der Waals surface area contributed by atoms with E-state index in [9.17, 15) is 4.39 Å². The second-order valence-corrected chi connectivity index (χ2v) is 3.81. The van der Waals surface area contributed by atoms with Crippen LogP contribution in [0.25, 0.3) is 0 Å². The molecule has 58 valence electrons. The number of nitrogens with two attached hydrogens (primary N) is 1. The van der Waals surface area contributed by atoms with Gasteiger partial charge < -0.3 is 11.1 Å². The van der Waals surface area contributed by atoms with E-state index in [4.69, 9.17) is 5.73 Å². The molecule has 10 heavy (non-hydrogen) atoms. The third-order valence-corrected chi connectivity index (χ3v) is 2.75. The molecule has 0 amide bonds. The van der Waals surface area contributed by atoms with Crippen molar-refractivity contribution in [1.82, 2.24) is 5.32 Å². The van der Waals surface area contributed by atoms with Gasteiger partial charge in [-0.05, 0) is 12.8 Å². The van der Waals surface area contributed by atoms with Crippen LogP contribution in [0.4, 0.5) is 4.39 Å². The highest BCUT2D eigenvalue weighted by Crippen LogP contribution is 2.52. The van der Waals surface area contributed by atoms with Gasteiger partial charge in [0, 0.05) is 25.0 Å². The fraction of sp³-hybridized carbons (Fsp3) is 1.00. The smallest absolute Gasteiger partial charge is 0.124 e. The summed E-state index contributed by atoms with van der Waals surface area (Å²) < 4.78 is 13.2. The van der Waals surface area contributed by atoms with Gasteiger partial charge in [-0.25, -0.2) is 4.39 Å². The van der Waals surface area contributed by atoms with Crippen LogP contribution in [0, 0.1) is 5.41 Å². The normalized spacial score (nSPS) is 33.0. The maximum Gasteiger partial charge on any atom is 0.124 e. The number of halogens is 1. The Hall–Kier alpha value is -0.150. The quantitative estimate of drug-likeness (QED) is 0.545. The fourth-order valence-corrected chi connectivity index (χ4v) is 2.17. The summed E-state index contributed by atoms with van der Waals surface area (Å²) in [5, 5.41) is 3.16. The van der Waals surface area contributed by atoms with Crippen molar-refractivity contribution >= 4 is 0 Å². The first-order chi connectivity index (χ1) is 4.68. The number of alkyl halides is 1. The van der Waals surface area contributed by atoms with Crippen molar-refractivity contribution in [3.05, 3.63) is 0 Å². The van der Waals surface area contributed by atoms with Crippen molar-refractivity contribution in [2.45, 2.75) is 18.5 Å². The Bertz CT molecular complexity index is 138. The van der Waals surface area contributed by atoms with Gasteiger partial charge in [-0.15, -0.1) is 0 Å². The van der Waals surface area contributed by atoms with Crippen LogP contribution in [0.15, 0.2) is 0 Å². The highest BCUT2D eigenvalue weighted by atomic mass is 19.1. The zero-order chi connectivity index (χ0) is 7.24. The minimum absolute atomic E-state index is 0.203. The summed E-state index contributed by atoms with van der Waals surface area (Å²) in [4.78, 5) is 0.